The van der Waals surface area contributed by atoms with Gasteiger partial charge in [-0.15, -0.1) is 0 Å². The molecule has 0 N–H and O–H groups in total. The minimum atomic E-state index is -0.559. The quantitative estimate of drug-likeness (QED) is 0.448. The van der Waals surface area contributed by atoms with Gasteiger partial charge < -0.3 is 18.6 Å². The smallest absolute Gasteiger partial charge is 0.399 e. The third-order valence-electron chi connectivity index (χ3n) is 7.44. The summed E-state index contributed by atoms with van der Waals surface area (Å²) in [5, 5.41) is 0. The zero-order valence-electron chi connectivity index (χ0n) is 20.6. The fourth-order valence-electron chi connectivity index (χ4n) is 3.99. The normalized spacial score (nSPS) is 23.9. The van der Waals surface area contributed by atoms with Crippen molar-refractivity contribution in [3.05, 3.63) is 71.8 Å². The molecule has 0 spiro atoms. The SMILES string of the molecule is CC1(C)OB(C(=C(B2OC(C)(C)C(C)(C)O2)c2ccccc2)c2ccccc2)OC1(C)C. The molecule has 2 aliphatic heterocycles. The third kappa shape index (κ3) is 3.99. The fraction of sp³-hybridized carbons (Fsp3) is 0.462. The first-order valence-electron chi connectivity index (χ1n) is 11.4. The van der Waals surface area contributed by atoms with Crippen molar-refractivity contribution < 1.29 is 18.6 Å². The number of benzene rings is 2. The van der Waals surface area contributed by atoms with Crippen LogP contribution in [0.4, 0.5) is 0 Å². The van der Waals surface area contributed by atoms with E-state index in [1.807, 2.05) is 36.4 Å². The lowest BCUT2D eigenvalue weighted by Gasteiger charge is -2.32. The van der Waals surface area contributed by atoms with Crippen LogP contribution in [0.25, 0.3) is 10.9 Å². The Morgan fingerprint density at radius 3 is 0.969 bits per heavy atom. The molecule has 32 heavy (non-hydrogen) atoms. The summed E-state index contributed by atoms with van der Waals surface area (Å²) in [6.07, 6.45) is 0. The molecule has 0 saturated carbocycles. The maximum Gasteiger partial charge on any atom is 0.495 e. The lowest BCUT2D eigenvalue weighted by Crippen LogP contribution is -2.41. The fourth-order valence-corrected chi connectivity index (χ4v) is 3.99. The monoisotopic (exact) mass is 432 g/mol. The van der Waals surface area contributed by atoms with Gasteiger partial charge in [0.1, 0.15) is 0 Å². The predicted molar refractivity (Wildman–Crippen MR) is 132 cm³/mol. The topological polar surface area (TPSA) is 36.9 Å². The van der Waals surface area contributed by atoms with Crippen molar-refractivity contribution in [3.63, 3.8) is 0 Å². The summed E-state index contributed by atoms with van der Waals surface area (Å²) < 4.78 is 26.2. The first-order chi connectivity index (χ1) is 14.8. The molecule has 4 nitrogen and oxygen atoms in total. The highest BCUT2D eigenvalue weighted by atomic mass is 16.7. The second kappa shape index (κ2) is 7.88. The largest absolute Gasteiger partial charge is 0.495 e. The first kappa shape index (κ1) is 23.3. The summed E-state index contributed by atoms with van der Waals surface area (Å²) in [6, 6.07) is 20.5. The molecule has 2 heterocycles. The number of hydrogen-bond acceptors (Lipinski definition) is 4. The Bertz CT molecular complexity index is 884. The molecule has 2 saturated heterocycles. The highest BCUT2D eigenvalue weighted by molar-refractivity contribution is 6.82. The number of hydrogen-bond donors (Lipinski definition) is 0. The maximum atomic E-state index is 6.56. The molecular weight excluding hydrogens is 398 g/mol. The first-order valence-corrected chi connectivity index (χ1v) is 11.4. The summed E-state index contributed by atoms with van der Waals surface area (Å²) in [6.45, 7) is 16.6. The van der Waals surface area contributed by atoms with Crippen LogP contribution >= 0.6 is 0 Å². The molecule has 6 heteroatoms. The molecule has 0 radical (unpaired) electrons. The van der Waals surface area contributed by atoms with Gasteiger partial charge in [0.05, 0.1) is 22.4 Å². The van der Waals surface area contributed by atoms with E-state index in [4.69, 9.17) is 18.6 Å². The van der Waals surface area contributed by atoms with E-state index >= 15 is 0 Å². The molecule has 0 amide bonds. The Kier molecular flexibility index (Phi) is 5.74. The van der Waals surface area contributed by atoms with Crippen LogP contribution in [0.1, 0.15) is 66.5 Å². The Labute approximate surface area is 193 Å². The van der Waals surface area contributed by atoms with Gasteiger partial charge in [0, 0.05) is 0 Å². The van der Waals surface area contributed by atoms with Crippen molar-refractivity contribution in [3.8, 4) is 0 Å². The van der Waals surface area contributed by atoms with Crippen molar-refractivity contribution in [2.24, 2.45) is 0 Å². The minimum absolute atomic E-state index is 0.463. The molecule has 2 aromatic rings. The van der Waals surface area contributed by atoms with Crippen molar-refractivity contribution in [2.45, 2.75) is 77.8 Å². The zero-order chi connectivity index (χ0) is 23.4. The Morgan fingerprint density at radius 1 is 0.469 bits per heavy atom. The Morgan fingerprint density at radius 2 is 0.719 bits per heavy atom. The molecule has 0 unspecified atom stereocenters. The number of rotatable bonds is 4. The van der Waals surface area contributed by atoms with Crippen LogP contribution in [0.15, 0.2) is 60.7 Å². The van der Waals surface area contributed by atoms with E-state index in [1.54, 1.807) is 0 Å². The van der Waals surface area contributed by atoms with Crippen LogP contribution in [0, 0.1) is 0 Å². The third-order valence-corrected chi connectivity index (χ3v) is 7.44. The zero-order valence-corrected chi connectivity index (χ0v) is 20.6. The van der Waals surface area contributed by atoms with E-state index < -0.39 is 36.6 Å². The van der Waals surface area contributed by atoms with Crippen LogP contribution in [0.3, 0.4) is 0 Å². The van der Waals surface area contributed by atoms with Crippen LogP contribution in [0.5, 0.6) is 0 Å². The van der Waals surface area contributed by atoms with Crippen LogP contribution in [-0.2, 0) is 18.6 Å². The van der Waals surface area contributed by atoms with Gasteiger partial charge in [-0.1, -0.05) is 60.7 Å². The van der Waals surface area contributed by atoms with Gasteiger partial charge in [0.2, 0.25) is 0 Å². The van der Waals surface area contributed by atoms with Gasteiger partial charge in [-0.05, 0) is 77.5 Å². The lowest BCUT2D eigenvalue weighted by molar-refractivity contribution is 0.00578. The summed E-state index contributed by atoms with van der Waals surface area (Å²) >= 11 is 0. The molecule has 4 rings (SSSR count). The minimum Gasteiger partial charge on any atom is -0.399 e. The average molecular weight is 432 g/mol. The van der Waals surface area contributed by atoms with Crippen LogP contribution < -0.4 is 0 Å². The van der Waals surface area contributed by atoms with E-state index in [-0.39, 0.29) is 0 Å². The standard InChI is InChI=1S/C26H34B2O4/c1-23(2)24(3,4)30-27(29-23)21(19-15-11-9-12-16-19)22(20-17-13-10-14-18-20)28-31-25(5,6)26(7,8)32-28/h9-18H,1-8H3. The van der Waals surface area contributed by atoms with Crippen molar-refractivity contribution in [1.82, 2.24) is 0 Å². The predicted octanol–water partition coefficient (Wildman–Crippen LogP) is 5.86. The summed E-state index contributed by atoms with van der Waals surface area (Å²) in [7, 11) is -1.12. The van der Waals surface area contributed by atoms with Crippen LogP contribution in [-0.4, -0.2) is 36.6 Å². The second-order valence-corrected chi connectivity index (χ2v) is 10.7. The van der Waals surface area contributed by atoms with Crippen molar-refractivity contribution in [1.29, 1.82) is 0 Å². The Hall–Kier alpha value is -1.85. The molecular formula is C26H34B2O4. The average Bonchev–Trinajstić information content (AvgIpc) is 3.06. The second-order valence-electron chi connectivity index (χ2n) is 10.7. The van der Waals surface area contributed by atoms with Crippen molar-refractivity contribution in [2.75, 3.05) is 0 Å². The summed E-state index contributed by atoms with van der Waals surface area (Å²) in [4.78, 5) is 0. The molecule has 168 valence electrons. The highest BCUT2D eigenvalue weighted by Crippen LogP contribution is 2.46. The molecule has 2 fully saturated rings. The molecule has 2 aromatic carbocycles. The van der Waals surface area contributed by atoms with E-state index in [0.717, 1.165) is 22.1 Å². The molecule has 0 aromatic heterocycles. The van der Waals surface area contributed by atoms with Gasteiger partial charge >= 0.3 is 14.2 Å². The molecule has 2 aliphatic rings. The van der Waals surface area contributed by atoms with Crippen molar-refractivity contribution >= 4 is 25.2 Å². The van der Waals surface area contributed by atoms with Gasteiger partial charge in [-0.25, -0.2) is 0 Å². The molecule has 0 aliphatic carbocycles. The Balaban J connectivity index is 1.96. The molecule has 0 atom stereocenters. The van der Waals surface area contributed by atoms with Gasteiger partial charge in [-0.2, -0.15) is 0 Å². The maximum absolute atomic E-state index is 6.56. The van der Waals surface area contributed by atoms with Gasteiger partial charge in [0.25, 0.3) is 0 Å². The van der Waals surface area contributed by atoms with E-state index in [9.17, 15) is 0 Å². The van der Waals surface area contributed by atoms with Gasteiger partial charge in [-0.3, -0.25) is 0 Å². The van der Waals surface area contributed by atoms with E-state index in [2.05, 4.69) is 79.7 Å². The van der Waals surface area contributed by atoms with Crippen LogP contribution in [0.2, 0.25) is 0 Å². The molecule has 0 bridgehead atoms. The van der Waals surface area contributed by atoms with E-state index in [0.29, 0.717) is 0 Å². The highest BCUT2D eigenvalue weighted by Gasteiger charge is 2.57. The lowest BCUT2D eigenvalue weighted by atomic mass is 9.60. The summed E-state index contributed by atoms with van der Waals surface area (Å²) in [5.74, 6) is 0. The van der Waals surface area contributed by atoms with Gasteiger partial charge in [0.15, 0.2) is 0 Å². The summed E-state index contributed by atoms with van der Waals surface area (Å²) in [5.41, 5.74) is 2.08. The van der Waals surface area contributed by atoms with E-state index in [1.165, 1.54) is 0 Å².